The minimum Gasteiger partial charge on any atom is -0.449 e. The molecular weight excluding hydrogens is 440 g/mol. The van der Waals surface area contributed by atoms with Gasteiger partial charge >= 0.3 is 5.97 Å². The Bertz CT molecular complexity index is 1130. The Morgan fingerprint density at radius 1 is 1.03 bits per heavy atom. The van der Waals surface area contributed by atoms with Crippen LogP contribution in [0.1, 0.15) is 60.5 Å². The Morgan fingerprint density at radius 3 is 2.52 bits per heavy atom. The minimum atomic E-state index is -3.78. The van der Waals surface area contributed by atoms with Crippen LogP contribution in [-0.2, 0) is 32.5 Å². The van der Waals surface area contributed by atoms with E-state index >= 15 is 0 Å². The van der Waals surface area contributed by atoms with Crippen LogP contribution in [0.5, 0.6) is 0 Å². The predicted molar refractivity (Wildman–Crippen MR) is 124 cm³/mol. The third-order valence-corrected chi connectivity index (χ3v) is 8.25. The third-order valence-electron chi connectivity index (χ3n) is 6.41. The lowest BCUT2D eigenvalue weighted by molar-refractivity contribution is -0.130. The predicted octanol–water partition coefficient (Wildman–Crippen LogP) is 3.43. The number of carbonyl (C=O) groups excluding carboxylic acids is 2. The van der Waals surface area contributed by atoms with Gasteiger partial charge in [0.25, 0.3) is 5.91 Å². The fraction of sp³-hybridized carbons (Fsp3) is 0.440. The van der Waals surface area contributed by atoms with Crippen LogP contribution in [0, 0.1) is 0 Å². The molecule has 2 aromatic rings. The summed E-state index contributed by atoms with van der Waals surface area (Å²) in [5.74, 6) is -1.05. The van der Waals surface area contributed by atoms with E-state index in [0.717, 1.165) is 36.8 Å². The van der Waals surface area contributed by atoms with E-state index in [1.165, 1.54) is 41.9 Å². The van der Waals surface area contributed by atoms with Gasteiger partial charge < -0.3 is 10.1 Å². The lowest BCUT2D eigenvalue weighted by Gasteiger charge is -2.28. The molecule has 2 aliphatic rings. The summed E-state index contributed by atoms with van der Waals surface area (Å²) in [5, 5.41) is 2.94. The minimum absolute atomic E-state index is 0.0376. The highest BCUT2D eigenvalue weighted by atomic mass is 32.2. The Morgan fingerprint density at radius 2 is 1.76 bits per heavy atom. The molecule has 0 unspecified atom stereocenters. The fourth-order valence-corrected chi connectivity index (χ4v) is 5.92. The molecule has 0 bridgehead atoms. The highest BCUT2D eigenvalue weighted by molar-refractivity contribution is 7.89. The second-order valence-corrected chi connectivity index (χ2v) is 10.7. The third kappa shape index (κ3) is 5.45. The van der Waals surface area contributed by atoms with Gasteiger partial charge in [-0.1, -0.05) is 49.6 Å². The molecule has 0 saturated heterocycles. The Labute approximate surface area is 195 Å². The number of sulfonamides is 1. The molecule has 33 heavy (non-hydrogen) atoms. The standard InChI is InChI=1S/C25H30N2O5S/c1-18(24(28)26-22-11-3-2-4-12-22)32-25(29)20-10-7-13-23(16-20)33(30,31)27-15-14-19-8-5-6-9-21(19)17-27/h5-10,13,16,18,22H,2-4,11-12,14-15,17H2,1H3,(H,26,28)/t18-/m1/s1. The monoisotopic (exact) mass is 470 g/mol. The van der Waals surface area contributed by atoms with Gasteiger partial charge in [-0.2, -0.15) is 4.31 Å². The number of amides is 1. The SMILES string of the molecule is C[C@@H](OC(=O)c1cccc(S(=O)(=O)N2CCc3ccccc3C2)c1)C(=O)NC1CCCCC1. The molecule has 1 saturated carbocycles. The average Bonchev–Trinajstić information content (AvgIpc) is 2.84. The molecule has 7 nitrogen and oxygen atoms in total. The van der Waals surface area contributed by atoms with Gasteiger partial charge in [0.2, 0.25) is 10.0 Å². The maximum absolute atomic E-state index is 13.2. The molecule has 176 valence electrons. The summed E-state index contributed by atoms with van der Waals surface area (Å²) in [6.45, 7) is 2.21. The van der Waals surface area contributed by atoms with Gasteiger partial charge in [-0.3, -0.25) is 4.79 Å². The van der Waals surface area contributed by atoms with E-state index in [2.05, 4.69) is 5.32 Å². The van der Waals surface area contributed by atoms with E-state index in [9.17, 15) is 18.0 Å². The van der Waals surface area contributed by atoms with Crippen molar-refractivity contribution in [2.24, 2.45) is 0 Å². The van der Waals surface area contributed by atoms with Crippen molar-refractivity contribution < 1.29 is 22.7 Å². The topological polar surface area (TPSA) is 92.8 Å². The molecule has 0 radical (unpaired) electrons. The van der Waals surface area contributed by atoms with E-state index in [0.29, 0.717) is 19.5 Å². The molecule has 1 amide bonds. The Balaban J connectivity index is 1.42. The molecule has 0 spiro atoms. The molecule has 0 aromatic heterocycles. The Kier molecular flexibility index (Phi) is 7.14. The molecular formula is C25H30N2O5S. The van der Waals surface area contributed by atoms with Crippen LogP contribution in [0.3, 0.4) is 0 Å². The van der Waals surface area contributed by atoms with Crippen molar-refractivity contribution in [2.75, 3.05) is 6.54 Å². The molecule has 1 heterocycles. The second-order valence-electron chi connectivity index (χ2n) is 8.78. The van der Waals surface area contributed by atoms with Crippen LogP contribution in [0.15, 0.2) is 53.4 Å². The summed E-state index contributed by atoms with van der Waals surface area (Å²) >= 11 is 0. The summed E-state index contributed by atoms with van der Waals surface area (Å²) in [6, 6.07) is 13.7. The lowest BCUT2D eigenvalue weighted by Crippen LogP contribution is -2.42. The highest BCUT2D eigenvalue weighted by Crippen LogP contribution is 2.25. The zero-order valence-electron chi connectivity index (χ0n) is 18.8. The quantitative estimate of drug-likeness (QED) is 0.653. The van der Waals surface area contributed by atoms with Crippen LogP contribution in [-0.4, -0.2) is 43.3 Å². The number of ether oxygens (including phenoxy) is 1. The second kappa shape index (κ2) is 10.1. The van der Waals surface area contributed by atoms with Crippen molar-refractivity contribution in [1.29, 1.82) is 0 Å². The van der Waals surface area contributed by atoms with E-state index in [1.54, 1.807) is 0 Å². The number of benzene rings is 2. The van der Waals surface area contributed by atoms with Crippen molar-refractivity contribution in [3.8, 4) is 0 Å². The number of hydrogen-bond acceptors (Lipinski definition) is 5. The van der Waals surface area contributed by atoms with E-state index < -0.39 is 22.1 Å². The smallest absolute Gasteiger partial charge is 0.338 e. The maximum atomic E-state index is 13.2. The highest BCUT2D eigenvalue weighted by Gasteiger charge is 2.29. The largest absolute Gasteiger partial charge is 0.449 e. The normalized spacial score (nSPS) is 18.2. The molecule has 1 aliphatic heterocycles. The maximum Gasteiger partial charge on any atom is 0.338 e. The van der Waals surface area contributed by atoms with Gasteiger partial charge in [0.05, 0.1) is 10.5 Å². The van der Waals surface area contributed by atoms with Crippen LogP contribution < -0.4 is 5.32 Å². The number of esters is 1. The summed E-state index contributed by atoms with van der Waals surface area (Å²) < 4.78 is 33.2. The van der Waals surface area contributed by atoms with Crippen molar-refractivity contribution >= 4 is 21.9 Å². The number of nitrogens with one attached hydrogen (secondary N) is 1. The zero-order chi connectivity index (χ0) is 23.4. The number of carbonyl (C=O) groups is 2. The fourth-order valence-electron chi connectivity index (χ4n) is 4.46. The van der Waals surface area contributed by atoms with Gasteiger partial charge in [-0.05, 0) is 55.5 Å². The van der Waals surface area contributed by atoms with Crippen molar-refractivity contribution in [3.05, 3.63) is 65.2 Å². The lowest BCUT2D eigenvalue weighted by atomic mass is 9.95. The molecule has 1 aliphatic carbocycles. The Hall–Kier alpha value is -2.71. The van der Waals surface area contributed by atoms with Gasteiger partial charge in [0.15, 0.2) is 6.10 Å². The first-order valence-electron chi connectivity index (χ1n) is 11.5. The van der Waals surface area contributed by atoms with Crippen molar-refractivity contribution in [3.63, 3.8) is 0 Å². The number of hydrogen-bond donors (Lipinski definition) is 1. The zero-order valence-corrected chi connectivity index (χ0v) is 19.6. The van der Waals surface area contributed by atoms with Gasteiger partial charge in [0.1, 0.15) is 0 Å². The average molecular weight is 471 g/mol. The molecule has 1 N–H and O–H groups in total. The molecule has 4 rings (SSSR count). The van der Waals surface area contributed by atoms with Gasteiger partial charge in [-0.25, -0.2) is 13.2 Å². The summed E-state index contributed by atoms with van der Waals surface area (Å²) in [6.07, 6.45) is 4.91. The number of fused-ring (bicyclic) bond motifs is 1. The summed E-state index contributed by atoms with van der Waals surface area (Å²) in [7, 11) is -3.78. The molecule has 1 atom stereocenters. The van der Waals surface area contributed by atoms with E-state index in [-0.39, 0.29) is 22.4 Å². The van der Waals surface area contributed by atoms with Crippen LogP contribution in [0.2, 0.25) is 0 Å². The first-order valence-corrected chi connectivity index (χ1v) is 13.0. The van der Waals surface area contributed by atoms with E-state index in [4.69, 9.17) is 4.74 Å². The summed E-state index contributed by atoms with van der Waals surface area (Å²) in [5.41, 5.74) is 2.24. The molecule has 8 heteroatoms. The van der Waals surface area contributed by atoms with E-state index in [1.807, 2.05) is 24.3 Å². The van der Waals surface area contributed by atoms with Gasteiger partial charge in [-0.15, -0.1) is 0 Å². The van der Waals surface area contributed by atoms with Crippen molar-refractivity contribution in [1.82, 2.24) is 9.62 Å². The first-order chi connectivity index (χ1) is 15.8. The van der Waals surface area contributed by atoms with Gasteiger partial charge in [0, 0.05) is 19.1 Å². The van der Waals surface area contributed by atoms with Crippen LogP contribution in [0.4, 0.5) is 0 Å². The van der Waals surface area contributed by atoms with Crippen LogP contribution in [0.25, 0.3) is 0 Å². The number of rotatable bonds is 6. The molecule has 1 fully saturated rings. The molecule has 2 aromatic carbocycles. The van der Waals surface area contributed by atoms with Crippen LogP contribution >= 0.6 is 0 Å². The number of nitrogens with zero attached hydrogens (tertiary/aromatic N) is 1. The summed E-state index contributed by atoms with van der Waals surface area (Å²) in [4.78, 5) is 25.1. The first kappa shape index (κ1) is 23.4. The van der Waals surface area contributed by atoms with Crippen molar-refractivity contribution in [2.45, 2.75) is 69.0 Å².